The fourth-order valence-electron chi connectivity index (χ4n) is 3.52. The van der Waals surface area contributed by atoms with E-state index in [1.807, 2.05) is 42.5 Å². The number of fused-ring (bicyclic) bond motifs is 1. The van der Waals surface area contributed by atoms with E-state index in [1.54, 1.807) is 24.1 Å². The lowest BCUT2D eigenvalue weighted by atomic mass is 9.79. The highest BCUT2D eigenvalue weighted by Crippen LogP contribution is 2.41. The molecule has 0 fully saturated rings. The van der Waals surface area contributed by atoms with Crippen LogP contribution < -0.4 is 5.32 Å². The second-order valence-corrected chi connectivity index (χ2v) is 6.45. The van der Waals surface area contributed by atoms with E-state index in [-0.39, 0.29) is 30.7 Å². The van der Waals surface area contributed by atoms with Crippen LogP contribution in [-0.2, 0) is 14.3 Å². The van der Waals surface area contributed by atoms with Gasteiger partial charge in [0.25, 0.3) is 5.91 Å². The largest absolute Gasteiger partial charge is 0.469 e. The molecule has 6 heteroatoms. The highest BCUT2D eigenvalue weighted by molar-refractivity contribution is 6.01. The van der Waals surface area contributed by atoms with E-state index in [2.05, 4.69) is 10.1 Å². The van der Waals surface area contributed by atoms with Gasteiger partial charge in [-0.05, 0) is 17.2 Å². The molecule has 140 valence electrons. The Morgan fingerprint density at radius 3 is 2.44 bits per heavy atom. The van der Waals surface area contributed by atoms with Crippen molar-refractivity contribution >= 4 is 17.8 Å². The minimum Gasteiger partial charge on any atom is -0.469 e. The van der Waals surface area contributed by atoms with Crippen LogP contribution in [0.3, 0.4) is 0 Å². The van der Waals surface area contributed by atoms with Crippen LogP contribution in [0.4, 0.5) is 0 Å². The maximum Gasteiger partial charge on any atom is 0.307 e. The predicted molar refractivity (Wildman–Crippen MR) is 100 cm³/mol. The number of esters is 1. The molecule has 2 atom stereocenters. The van der Waals surface area contributed by atoms with Crippen molar-refractivity contribution in [3.8, 4) is 0 Å². The van der Waals surface area contributed by atoms with Gasteiger partial charge in [-0.2, -0.15) is 0 Å². The molecule has 0 spiro atoms. The Morgan fingerprint density at radius 2 is 1.74 bits per heavy atom. The summed E-state index contributed by atoms with van der Waals surface area (Å²) >= 11 is 0. The van der Waals surface area contributed by atoms with E-state index in [0.717, 1.165) is 5.56 Å². The van der Waals surface area contributed by atoms with Crippen LogP contribution in [0.1, 0.15) is 39.9 Å². The summed E-state index contributed by atoms with van der Waals surface area (Å²) in [5.74, 6) is -1.28. The number of hydrogen-bond donors (Lipinski definition) is 1. The van der Waals surface area contributed by atoms with Crippen molar-refractivity contribution in [1.82, 2.24) is 10.2 Å². The van der Waals surface area contributed by atoms with Crippen molar-refractivity contribution in [2.45, 2.75) is 18.4 Å². The summed E-state index contributed by atoms with van der Waals surface area (Å²) in [5.41, 5.74) is 2.11. The average molecular weight is 366 g/mol. The third-order valence-electron chi connectivity index (χ3n) is 4.86. The molecule has 0 saturated heterocycles. The van der Waals surface area contributed by atoms with Gasteiger partial charge in [-0.3, -0.25) is 14.4 Å². The number of likely N-dealkylation sites (N-methyl/N-ethyl adjacent to an activating group) is 1. The zero-order valence-electron chi connectivity index (χ0n) is 15.3. The molecule has 1 heterocycles. The van der Waals surface area contributed by atoms with E-state index >= 15 is 0 Å². The lowest BCUT2D eigenvalue weighted by Gasteiger charge is -2.39. The molecule has 2 amide bonds. The van der Waals surface area contributed by atoms with Crippen molar-refractivity contribution in [2.75, 3.05) is 20.7 Å². The van der Waals surface area contributed by atoms with Crippen LogP contribution in [-0.4, -0.2) is 43.4 Å². The molecule has 0 aliphatic carbocycles. The van der Waals surface area contributed by atoms with Crippen LogP contribution >= 0.6 is 0 Å². The molecule has 2 aromatic rings. The molecular weight excluding hydrogens is 344 g/mol. The molecule has 0 aromatic heterocycles. The van der Waals surface area contributed by atoms with Crippen molar-refractivity contribution in [3.05, 3.63) is 71.3 Å². The molecule has 6 nitrogen and oxygen atoms in total. The zero-order chi connectivity index (χ0) is 19.4. The average Bonchev–Trinajstić information content (AvgIpc) is 2.70. The van der Waals surface area contributed by atoms with E-state index in [9.17, 15) is 14.4 Å². The van der Waals surface area contributed by atoms with Gasteiger partial charge in [-0.25, -0.2) is 0 Å². The molecule has 0 unspecified atom stereocenters. The molecule has 0 saturated carbocycles. The fourth-order valence-corrected chi connectivity index (χ4v) is 3.52. The predicted octanol–water partition coefficient (Wildman–Crippen LogP) is 2.28. The van der Waals surface area contributed by atoms with Gasteiger partial charge in [0.2, 0.25) is 5.91 Å². The third kappa shape index (κ3) is 3.69. The summed E-state index contributed by atoms with van der Waals surface area (Å²) in [7, 11) is 3.03. The third-order valence-corrected chi connectivity index (χ3v) is 4.86. The number of nitrogens with one attached hydrogen (secondary N) is 1. The first-order valence-electron chi connectivity index (χ1n) is 8.80. The highest BCUT2D eigenvalue weighted by atomic mass is 16.5. The van der Waals surface area contributed by atoms with E-state index in [4.69, 9.17) is 0 Å². The van der Waals surface area contributed by atoms with Crippen molar-refractivity contribution in [2.24, 2.45) is 0 Å². The Kier molecular flexibility index (Phi) is 5.54. The number of amides is 2. The van der Waals surface area contributed by atoms with Crippen LogP contribution in [0.25, 0.3) is 0 Å². The molecule has 3 rings (SSSR count). The van der Waals surface area contributed by atoms with Crippen molar-refractivity contribution in [3.63, 3.8) is 0 Å². The Bertz CT molecular complexity index is 850. The van der Waals surface area contributed by atoms with Gasteiger partial charge in [0.15, 0.2) is 0 Å². The molecule has 0 bridgehead atoms. The smallest absolute Gasteiger partial charge is 0.307 e. The van der Waals surface area contributed by atoms with Crippen molar-refractivity contribution in [1.29, 1.82) is 0 Å². The number of benzene rings is 2. The van der Waals surface area contributed by atoms with Crippen LogP contribution in [0.2, 0.25) is 0 Å². The van der Waals surface area contributed by atoms with Crippen LogP contribution in [0, 0.1) is 0 Å². The van der Waals surface area contributed by atoms with Gasteiger partial charge in [0.05, 0.1) is 25.5 Å². The molecule has 1 aliphatic heterocycles. The minimum atomic E-state index is -0.566. The lowest BCUT2D eigenvalue weighted by Crippen LogP contribution is -2.45. The molecule has 1 N–H and O–H groups in total. The summed E-state index contributed by atoms with van der Waals surface area (Å²) in [5, 5.41) is 2.82. The number of carbonyl (C=O) groups excluding carboxylic acids is 3. The summed E-state index contributed by atoms with van der Waals surface area (Å²) in [6.45, 7) is 0.184. The summed E-state index contributed by atoms with van der Waals surface area (Å²) < 4.78 is 4.61. The molecule has 0 radical (unpaired) electrons. The molecule has 2 aromatic carbocycles. The molecule has 1 aliphatic rings. The van der Waals surface area contributed by atoms with Crippen LogP contribution in [0.5, 0.6) is 0 Å². The Morgan fingerprint density at radius 1 is 1.07 bits per heavy atom. The second-order valence-electron chi connectivity index (χ2n) is 6.45. The number of carbonyl (C=O) groups is 3. The van der Waals surface area contributed by atoms with Crippen molar-refractivity contribution < 1.29 is 19.1 Å². The van der Waals surface area contributed by atoms with E-state index in [0.29, 0.717) is 11.1 Å². The first-order chi connectivity index (χ1) is 13.0. The minimum absolute atomic E-state index is 0.0986. The first kappa shape index (κ1) is 18.6. The standard InChI is InChI=1S/C21H22N2O4/c1-23-19(14-8-4-3-5-9-14)18(20(25)22-13-12-17(24)27-2)15-10-6-7-11-16(15)21(23)26/h3-11,18-19H,12-13H2,1-2H3,(H,22,25)/t18-,19-/m1/s1. The van der Waals surface area contributed by atoms with Gasteiger partial charge in [-0.1, -0.05) is 48.5 Å². The van der Waals surface area contributed by atoms with Gasteiger partial charge in [0, 0.05) is 19.2 Å². The monoisotopic (exact) mass is 366 g/mol. The van der Waals surface area contributed by atoms with Gasteiger partial charge in [-0.15, -0.1) is 0 Å². The number of nitrogens with zero attached hydrogens (tertiary/aromatic N) is 1. The Hall–Kier alpha value is -3.15. The fraction of sp³-hybridized carbons (Fsp3) is 0.286. The summed E-state index contributed by atoms with van der Waals surface area (Å²) in [4.78, 5) is 38.8. The molecular formula is C21H22N2O4. The Balaban J connectivity index is 1.97. The molecule has 27 heavy (non-hydrogen) atoms. The topological polar surface area (TPSA) is 75.7 Å². The maximum atomic E-state index is 13.1. The number of hydrogen-bond acceptors (Lipinski definition) is 4. The Labute approximate surface area is 158 Å². The van der Waals surface area contributed by atoms with E-state index < -0.39 is 12.0 Å². The maximum absolute atomic E-state index is 13.1. The number of rotatable bonds is 5. The summed E-state index contributed by atoms with van der Waals surface area (Å²) in [6, 6.07) is 16.3. The van der Waals surface area contributed by atoms with E-state index in [1.165, 1.54) is 7.11 Å². The lowest BCUT2D eigenvalue weighted by molar-refractivity contribution is -0.140. The SMILES string of the molecule is COC(=O)CCNC(=O)[C@@H]1c2ccccc2C(=O)N(C)[C@@H]1c1ccccc1. The van der Waals surface area contributed by atoms with Crippen LogP contribution in [0.15, 0.2) is 54.6 Å². The normalized spacial score (nSPS) is 18.6. The second kappa shape index (κ2) is 8.03. The number of methoxy groups -OCH3 is 1. The van der Waals surface area contributed by atoms with Gasteiger partial charge < -0.3 is 15.0 Å². The summed E-state index contributed by atoms with van der Waals surface area (Å²) in [6.07, 6.45) is 0.0986. The van der Waals surface area contributed by atoms with Gasteiger partial charge in [0.1, 0.15) is 0 Å². The first-order valence-corrected chi connectivity index (χ1v) is 8.80. The quantitative estimate of drug-likeness (QED) is 0.824. The highest BCUT2D eigenvalue weighted by Gasteiger charge is 2.42. The van der Waals surface area contributed by atoms with Gasteiger partial charge >= 0.3 is 5.97 Å². The zero-order valence-corrected chi connectivity index (χ0v) is 15.3. The number of ether oxygens (including phenoxy) is 1.